The number of carbonyl (C=O) groups excluding carboxylic acids is 5. The van der Waals surface area contributed by atoms with Crippen LogP contribution in [-0.2, 0) is 25.7 Å². The molecule has 1 saturated heterocycles. The van der Waals surface area contributed by atoms with Gasteiger partial charge >= 0.3 is 0 Å². The molecule has 2 aliphatic carbocycles. The fourth-order valence-electron chi connectivity index (χ4n) is 6.89. The molecule has 1 spiro atoms. The van der Waals surface area contributed by atoms with Crippen LogP contribution in [0, 0.1) is 11.3 Å². The summed E-state index contributed by atoms with van der Waals surface area (Å²) in [4.78, 5) is 71.0. The SMILES string of the molecule is COc1cccc2[nH]c(C(=O)N3CC4(CC3C(=O)NC(CC3CCCCC3=O)C(=O)C(=O)NCc3ccccc3)CC4(F)F)cc12. The third-order valence-electron chi connectivity index (χ3n) is 9.64. The Kier molecular flexibility index (Phi) is 8.39. The molecule has 6 rings (SSSR count). The van der Waals surface area contributed by atoms with Crippen molar-refractivity contribution in [2.24, 2.45) is 11.3 Å². The van der Waals surface area contributed by atoms with Crippen LogP contribution < -0.4 is 15.4 Å². The average Bonchev–Trinajstić information content (AvgIpc) is 3.38. The van der Waals surface area contributed by atoms with Crippen molar-refractivity contribution >= 4 is 40.2 Å². The van der Waals surface area contributed by atoms with E-state index in [4.69, 9.17) is 4.74 Å². The van der Waals surface area contributed by atoms with Crippen molar-refractivity contribution in [2.45, 2.75) is 69.5 Å². The first-order chi connectivity index (χ1) is 22.0. The highest BCUT2D eigenvalue weighted by Crippen LogP contribution is 2.66. The molecular formula is C34H36F2N4O6. The Labute approximate surface area is 264 Å². The maximum Gasteiger partial charge on any atom is 0.289 e. The van der Waals surface area contributed by atoms with Crippen LogP contribution in [0.2, 0.25) is 0 Å². The van der Waals surface area contributed by atoms with E-state index in [1.54, 1.807) is 48.5 Å². The highest BCUT2D eigenvalue weighted by atomic mass is 19.3. The number of hydrogen-bond acceptors (Lipinski definition) is 6. The van der Waals surface area contributed by atoms with E-state index in [0.717, 1.165) is 23.3 Å². The van der Waals surface area contributed by atoms with E-state index in [1.165, 1.54) is 7.11 Å². The third-order valence-corrected chi connectivity index (χ3v) is 9.64. The van der Waals surface area contributed by atoms with Crippen molar-refractivity contribution in [1.82, 2.24) is 20.5 Å². The lowest BCUT2D eigenvalue weighted by atomic mass is 9.82. The number of H-pyrrole nitrogens is 1. The number of likely N-dealkylation sites (tertiary alicyclic amines) is 1. The van der Waals surface area contributed by atoms with Gasteiger partial charge in [-0.1, -0.05) is 42.8 Å². The van der Waals surface area contributed by atoms with E-state index in [-0.39, 0.29) is 37.4 Å². The molecule has 1 aliphatic heterocycles. The van der Waals surface area contributed by atoms with E-state index in [9.17, 15) is 32.8 Å². The standard InChI is InChI=1S/C34H36F2N4O6/c1-46-28-13-7-11-23-22(28)15-25(38-23)32(45)40-19-33(18-34(33,35)36)16-26(40)30(43)39-24(14-21-10-5-6-12-27(21)41)29(42)31(44)37-17-20-8-3-2-4-9-20/h2-4,7-9,11,13,15,21,24,26,38H,5-6,10,12,14,16-19H2,1H3,(H,37,44)(H,39,43). The van der Waals surface area contributed by atoms with E-state index in [2.05, 4.69) is 15.6 Å². The van der Waals surface area contributed by atoms with Crippen molar-refractivity contribution in [3.63, 3.8) is 0 Å². The van der Waals surface area contributed by atoms with Gasteiger partial charge in [-0.05, 0) is 49.4 Å². The Morgan fingerprint density at radius 1 is 1.09 bits per heavy atom. The molecule has 1 aromatic heterocycles. The van der Waals surface area contributed by atoms with Crippen LogP contribution in [0.3, 0.4) is 0 Å². The molecule has 4 atom stereocenters. The molecule has 4 unspecified atom stereocenters. The fourth-order valence-corrected chi connectivity index (χ4v) is 6.89. The summed E-state index contributed by atoms with van der Waals surface area (Å²) in [5.74, 6) is -6.47. The number of hydrogen-bond donors (Lipinski definition) is 3. The van der Waals surface area contributed by atoms with Crippen LogP contribution in [0.1, 0.15) is 61.0 Å². The van der Waals surface area contributed by atoms with Gasteiger partial charge in [0, 0.05) is 42.8 Å². The highest BCUT2D eigenvalue weighted by Gasteiger charge is 2.75. The molecule has 0 bridgehead atoms. The molecule has 242 valence electrons. The van der Waals surface area contributed by atoms with Gasteiger partial charge in [-0.15, -0.1) is 0 Å². The molecule has 3 amide bonds. The zero-order valence-electron chi connectivity index (χ0n) is 25.4. The molecule has 2 saturated carbocycles. The number of ether oxygens (including phenoxy) is 1. The number of aromatic nitrogens is 1. The van der Waals surface area contributed by atoms with E-state index in [0.29, 0.717) is 29.5 Å². The maximum absolute atomic E-state index is 14.7. The molecule has 3 aliphatic rings. The van der Waals surface area contributed by atoms with Crippen molar-refractivity contribution < 1.29 is 37.5 Å². The Hall–Kier alpha value is -4.61. The Morgan fingerprint density at radius 2 is 1.85 bits per heavy atom. The van der Waals surface area contributed by atoms with Gasteiger partial charge < -0.3 is 25.3 Å². The smallest absolute Gasteiger partial charge is 0.289 e. The minimum absolute atomic E-state index is 0.0496. The summed E-state index contributed by atoms with van der Waals surface area (Å²) in [5, 5.41) is 5.80. The van der Waals surface area contributed by atoms with Crippen LogP contribution in [0.4, 0.5) is 8.78 Å². The molecule has 3 fully saturated rings. The topological polar surface area (TPSA) is 138 Å². The number of rotatable bonds is 10. The molecule has 12 heteroatoms. The largest absolute Gasteiger partial charge is 0.496 e. The quantitative estimate of drug-likeness (QED) is 0.289. The number of alkyl halides is 2. The monoisotopic (exact) mass is 634 g/mol. The molecule has 10 nitrogen and oxygen atoms in total. The van der Waals surface area contributed by atoms with Crippen LogP contribution >= 0.6 is 0 Å². The number of nitrogens with one attached hydrogen (secondary N) is 3. The van der Waals surface area contributed by atoms with Gasteiger partial charge in [0.25, 0.3) is 17.7 Å². The minimum atomic E-state index is -3.05. The van der Waals surface area contributed by atoms with Gasteiger partial charge in [-0.25, -0.2) is 8.78 Å². The molecular weight excluding hydrogens is 598 g/mol. The Bertz CT molecular complexity index is 1690. The van der Waals surface area contributed by atoms with Gasteiger partial charge in [-0.2, -0.15) is 0 Å². The van der Waals surface area contributed by atoms with Crippen molar-refractivity contribution in [1.29, 1.82) is 0 Å². The molecule has 0 radical (unpaired) electrons. The zero-order valence-corrected chi connectivity index (χ0v) is 25.4. The first kappa shape index (κ1) is 31.4. The summed E-state index contributed by atoms with van der Waals surface area (Å²) in [5.41, 5.74) is -0.102. The molecule has 3 N–H and O–H groups in total. The number of nitrogens with zero attached hydrogens (tertiary/aromatic N) is 1. The summed E-state index contributed by atoms with van der Waals surface area (Å²) in [7, 11) is 1.49. The van der Waals surface area contributed by atoms with Gasteiger partial charge in [0.15, 0.2) is 0 Å². The highest BCUT2D eigenvalue weighted by molar-refractivity contribution is 6.38. The average molecular weight is 635 g/mol. The fraction of sp³-hybridized carbons (Fsp3) is 0.441. The number of carbonyl (C=O) groups is 5. The normalized spacial score (nSPS) is 24.1. The summed E-state index contributed by atoms with van der Waals surface area (Å²) in [6.45, 7) is -0.271. The lowest BCUT2D eigenvalue weighted by Crippen LogP contribution is -2.54. The molecule has 2 heterocycles. The summed E-state index contributed by atoms with van der Waals surface area (Å²) in [6, 6.07) is 13.0. The first-order valence-corrected chi connectivity index (χ1v) is 15.6. The van der Waals surface area contributed by atoms with Crippen molar-refractivity contribution in [2.75, 3.05) is 13.7 Å². The molecule has 2 aromatic carbocycles. The molecule has 46 heavy (non-hydrogen) atoms. The van der Waals surface area contributed by atoms with Gasteiger partial charge in [-0.3, -0.25) is 24.0 Å². The van der Waals surface area contributed by atoms with Crippen molar-refractivity contribution in [3.8, 4) is 5.75 Å². The summed E-state index contributed by atoms with van der Waals surface area (Å²) < 4.78 is 34.7. The van der Waals surface area contributed by atoms with Crippen molar-refractivity contribution in [3.05, 3.63) is 65.9 Å². The van der Waals surface area contributed by atoms with Crippen LogP contribution in [0.5, 0.6) is 5.75 Å². The number of ketones is 2. The molecule has 3 aromatic rings. The summed E-state index contributed by atoms with van der Waals surface area (Å²) >= 11 is 0. The minimum Gasteiger partial charge on any atom is -0.496 e. The van der Waals surface area contributed by atoms with Crippen LogP contribution in [-0.4, -0.2) is 70.8 Å². The van der Waals surface area contributed by atoms with E-state index in [1.807, 2.05) is 6.07 Å². The van der Waals surface area contributed by atoms with Crippen LogP contribution in [0.25, 0.3) is 10.9 Å². The predicted octanol–water partition coefficient (Wildman–Crippen LogP) is 3.94. The second-order valence-corrected chi connectivity index (χ2v) is 12.7. The first-order valence-electron chi connectivity index (χ1n) is 15.6. The third kappa shape index (κ3) is 6.00. The Morgan fingerprint density at radius 3 is 2.54 bits per heavy atom. The van der Waals surface area contributed by atoms with E-state index >= 15 is 0 Å². The number of benzene rings is 2. The maximum atomic E-state index is 14.7. The van der Waals surface area contributed by atoms with Gasteiger partial charge in [0.1, 0.15) is 23.3 Å². The lowest BCUT2D eigenvalue weighted by Gasteiger charge is -2.28. The lowest BCUT2D eigenvalue weighted by molar-refractivity contribution is -0.141. The number of halogens is 2. The number of methoxy groups -OCH3 is 1. The van der Waals surface area contributed by atoms with E-state index < -0.39 is 59.3 Å². The van der Waals surface area contributed by atoms with Gasteiger partial charge in [0.2, 0.25) is 11.7 Å². The second kappa shape index (κ2) is 12.3. The zero-order chi connectivity index (χ0) is 32.6. The van der Waals surface area contributed by atoms with Crippen LogP contribution in [0.15, 0.2) is 54.6 Å². The number of fused-ring (bicyclic) bond motifs is 1. The Balaban J connectivity index is 1.24. The summed E-state index contributed by atoms with van der Waals surface area (Å²) in [6.07, 6.45) is 1.50. The second-order valence-electron chi connectivity index (χ2n) is 12.7. The van der Waals surface area contributed by atoms with Gasteiger partial charge in [0.05, 0.1) is 18.6 Å². The number of aromatic amines is 1. The predicted molar refractivity (Wildman–Crippen MR) is 163 cm³/mol. The number of Topliss-reactive ketones (excluding diaryl/α,β-unsaturated/α-hetero) is 2. The number of amides is 3.